The molecule has 0 aliphatic carbocycles. The number of hydrogen-bond donors (Lipinski definition) is 1. The molecule has 0 heterocycles. The van der Waals surface area contributed by atoms with Gasteiger partial charge in [-0.25, -0.2) is 0 Å². The van der Waals surface area contributed by atoms with Gasteiger partial charge in [-0.15, -0.1) is 0 Å². The molecule has 13 heavy (non-hydrogen) atoms. The maximum absolute atomic E-state index is 6.00. The number of hydrogen-bond acceptors (Lipinski definition) is 2. The van der Waals surface area contributed by atoms with Gasteiger partial charge in [-0.1, -0.05) is 29.8 Å². The quantitative estimate of drug-likeness (QED) is 0.765. The lowest BCUT2D eigenvalue weighted by atomic mass is 10.2. The lowest BCUT2D eigenvalue weighted by Gasteiger charge is -2.02. The second kappa shape index (κ2) is 6.30. The fourth-order valence-electron chi connectivity index (χ4n) is 0.983. The molecule has 0 bridgehead atoms. The molecule has 0 unspecified atom stereocenters. The van der Waals surface area contributed by atoms with Crippen LogP contribution < -0.4 is 5.73 Å². The summed E-state index contributed by atoms with van der Waals surface area (Å²) < 4.78 is 0. The molecule has 1 rings (SSSR count). The summed E-state index contributed by atoms with van der Waals surface area (Å²) in [4.78, 5) is 0. The average molecular weight is 216 g/mol. The van der Waals surface area contributed by atoms with E-state index in [-0.39, 0.29) is 0 Å². The molecule has 0 saturated carbocycles. The molecule has 0 amide bonds. The van der Waals surface area contributed by atoms with E-state index in [2.05, 4.69) is 6.07 Å². The van der Waals surface area contributed by atoms with Crippen molar-refractivity contribution in [1.82, 2.24) is 0 Å². The molecule has 0 atom stereocenters. The van der Waals surface area contributed by atoms with Crippen LogP contribution in [0.15, 0.2) is 24.3 Å². The van der Waals surface area contributed by atoms with Crippen LogP contribution in [0.3, 0.4) is 0 Å². The lowest BCUT2D eigenvalue weighted by Crippen LogP contribution is -1.99. The normalized spacial score (nSPS) is 10.3. The molecule has 0 radical (unpaired) electrons. The average Bonchev–Trinajstić information content (AvgIpc) is 2.15. The number of thioether (sulfide) groups is 1. The van der Waals surface area contributed by atoms with Crippen molar-refractivity contribution in [3.05, 3.63) is 34.9 Å². The molecule has 0 saturated heterocycles. The van der Waals surface area contributed by atoms with E-state index in [0.717, 1.165) is 29.5 Å². The number of nitrogens with two attached hydrogens (primary N) is 1. The zero-order valence-corrected chi connectivity index (χ0v) is 9.07. The van der Waals surface area contributed by atoms with Gasteiger partial charge in [0.25, 0.3) is 0 Å². The van der Waals surface area contributed by atoms with E-state index in [1.807, 2.05) is 30.0 Å². The highest BCUT2D eigenvalue weighted by Gasteiger charge is 1.97. The van der Waals surface area contributed by atoms with E-state index in [1.165, 1.54) is 5.56 Å². The molecule has 0 aliphatic rings. The summed E-state index contributed by atoms with van der Waals surface area (Å²) in [5.41, 5.74) is 6.61. The molecule has 3 heteroatoms. The van der Waals surface area contributed by atoms with Gasteiger partial charge in [0.15, 0.2) is 0 Å². The van der Waals surface area contributed by atoms with Gasteiger partial charge in [-0.05, 0) is 30.3 Å². The Labute approximate surface area is 88.7 Å². The Morgan fingerprint density at radius 1 is 1.31 bits per heavy atom. The van der Waals surface area contributed by atoms with Crippen molar-refractivity contribution in [2.45, 2.75) is 12.2 Å². The highest BCUT2D eigenvalue weighted by Crippen LogP contribution is 2.20. The molecule has 1 aromatic rings. The summed E-state index contributed by atoms with van der Waals surface area (Å²) in [6, 6.07) is 7.97. The van der Waals surface area contributed by atoms with E-state index in [0.29, 0.717) is 0 Å². The first kappa shape index (κ1) is 10.9. The molecule has 0 fully saturated rings. The molecule has 0 aliphatic heterocycles. The first-order valence-corrected chi connectivity index (χ1v) is 5.89. The molecule has 2 N–H and O–H groups in total. The lowest BCUT2D eigenvalue weighted by molar-refractivity contribution is 0.943. The van der Waals surface area contributed by atoms with E-state index in [9.17, 15) is 0 Å². The smallest absolute Gasteiger partial charge is 0.0446 e. The van der Waals surface area contributed by atoms with E-state index < -0.39 is 0 Å². The Balaban J connectivity index is 2.32. The molecule has 1 aromatic carbocycles. The van der Waals surface area contributed by atoms with Crippen LogP contribution in [-0.2, 0) is 5.75 Å². The van der Waals surface area contributed by atoms with Crippen molar-refractivity contribution in [2.24, 2.45) is 5.73 Å². The zero-order chi connectivity index (χ0) is 9.52. The number of benzene rings is 1. The highest BCUT2D eigenvalue weighted by atomic mass is 35.5. The third-order valence-electron chi connectivity index (χ3n) is 1.71. The fourth-order valence-corrected chi connectivity index (χ4v) is 2.25. The third-order valence-corrected chi connectivity index (χ3v) is 3.17. The van der Waals surface area contributed by atoms with Crippen LogP contribution in [0, 0.1) is 0 Å². The molecular weight excluding hydrogens is 202 g/mol. The maximum atomic E-state index is 6.00. The van der Waals surface area contributed by atoms with Crippen LogP contribution in [-0.4, -0.2) is 12.3 Å². The topological polar surface area (TPSA) is 26.0 Å². The SMILES string of the molecule is NCCCSCc1ccccc1Cl. The molecule has 0 aromatic heterocycles. The zero-order valence-electron chi connectivity index (χ0n) is 7.50. The van der Waals surface area contributed by atoms with Gasteiger partial charge in [0.05, 0.1) is 0 Å². The van der Waals surface area contributed by atoms with Crippen molar-refractivity contribution < 1.29 is 0 Å². The van der Waals surface area contributed by atoms with Crippen molar-refractivity contribution in [1.29, 1.82) is 0 Å². The Morgan fingerprint density at radius 2 is 2.08 bits per heavy atom. The summed E-state index contributed by atoms with van der Waals surface area (Å²) in [6.07, 6.45) is 1.08. The predicted octanol–water partition coefficient (Wildman–Crippen LogP) is 2.92. The molecule has 1 nitrogen and oxygen atoms in total. The van der Waals surface area contributed by atoms with Gasteiger partial charge >= 0.3 is 0 Å². The Kier molecular flexibility index (Phi) is 5.28. The summed E-state index contributed by atoms with van der Waals surface area (Å²) >= 11 is 7.88. The van der Waals surface area contributed by atoms with Gasteiger partial charge in [0.1, 0.15) is 0 Å². The van der Waals surface area contributed by atoms with Crippen molar-refractivity contribution >= 4 is 23.4 Å². The van der Waals surface area contributed by atoms with Crippen LogP contribution in [0.1, 0.15) is 12.0 Å². The van der Waals surface area contributed by atoms with Gasteiger partial charge in [0.2, 0.25) is 0 Å². The summed E-state index contributed by atoms with van der Waals surface area (Å²) in [7, 11) is 0. The van der Waals surface area contributed by atoms with Crippen LogP contribution in [0.5, 0.6) is 0 Å². The Bertz CT molecular complexity index is 252. The van der Waals surface area contributed by atoms with E-state index in [1.54, 1.807) is 0 Å². The van der Waals surface area contributed by atoms with Gasteiger partial charge < -0.3 is 5.73 Å². The summed E-state index contributed by atoms with van der Waals surface area (Å²) in [6.45, 7) is 0.773. The summed E-state index contributed by atoms with van der Waals surface area (Å²) in [5.74, 6) is 2.10. The predicted molar refractivity (Wildman–Crippen MR) is 61.3 cm³/mol. The molecule has 0 spiro atoms. The van der Waals surface area contributed by atoms with Crippen LogP contribution in [0.2, 0.25) is 5.02 Å². The molecular formula is C10H14ClNS. The van der Waals surface area contributed by atoms with E-state index >= 15 is 0 Å². The molecule has 72 valence electrons. The second-order valence-electron chi connectivity index (χ2n) is 2.79. The minimum Gasteiger partial charge on any atom is -0.330 e. The van der Waals surface area contributed by atoms with Gasteiger partial charge in [-0.3, -0.25) is 0 Å². The second-order valence-corrected chi connectivity index (χ2v) is 4.30. The largest absolute Gasteiger partial charge is 0.330 e. The first-order chi connectivity index (χ1) is 6.34. The standard InChI is InChI=1S/C10H14ClNS/c11-10-5-2-1-4-9(10)8-13-7-3-6-12/h1-2,4-5H,3,6-8,12H2. The summed E-state index contributed by atoms with van der Waals surface area (Å²) in [5, 5.41) is 0.864. The maximum Gasteiger partial charge on any atom is 0.0446 e. The van der Waals surface area contributed by atoms with E-state index in [4.69, 9.17) is 17.3 Å². The Hall–Kier alpha value is -0.180. The number of rotatable bonds is 5. The highest BCUT2D eigenvalue weighted by molar-refractivity contribution is 7.98. The minimum atomic E-state index is 0.773. The first-order valence-electron chi connectivity index (χ1n) is 4.36. The fraction of sp³-hybridized carbons (Fsp3) is 0.400. The van der Waals surface area contributed by atoms with Crippen LogP contribution in [0.4, 0.5) is 0 Å². The van der Waals surface area contributed by atoms with Crippen molar-refractivity contribution in [2.75, 3.05) is 12.3 Å². The van der Waals surface area contributed by atoms with Crippen LogP contribution >= 0.6 is 23.4 Å². The Morgan fingerprint density at radius 3 is 2.77 bits per heavy atom. The van der Waals surface area contributed by atoms with Crippen LogP contribution in [0.25, 0.3) is 0 Å². The minimum absolute atomic E-state index is 0.773. The van der Waals surface area contributed by atoms with Gasteiger partial charge in [-0.2, -0.15) is 11.8 Å². The monoisotopic (exact) mass is 215 g/mol. The van der Waals surface area contributed by atoms with Crippen molar-refractivity contribution in [3.8, 4) is 0 Å². The third kappa shape index (κ3) is 4.03. The number of halogens is 1. The van der Waals surface area contributed by atoms with Crippen molar-refractivity contribution in [3.63, 3.8) is 0 Å². The van der Waals surface area contributed by atoms with Gasteiger partial charge in [0, 0.05) is 10.8 Å².